The molecule has 0 spiro atoms. The number of nitrogens with one attached hydrogen (secondary N) is 1. The van der Waals surface area contributed by atoms with Crippen LogP contribution in [0.15, 0.2) is 47.8 Å². The summed E-state index contributed by atoms with van der Waals surface area (Å²) in [5.41, 5.74) is 2.21. The van der Waals surface area contributed by atoms with Gasteiger partial charge in [0.2, 0.25) is 0 Å². The Kier molecular flexibility index (Phi) is 3.92. The molecule has 0 radical (unpaired) electrons. The largest absolute Gasteiger partial charge is 0.271 e. The summed E-state index contributed by atoms with van der Waals surface area (Å²) >= 11 is 0. The van der Waals surface area contributed by atoms with E-state index < -0.39 is 17.5 Å². The first kappa shape index (κ1) is 12.8. The number of benzene rings is 1. The van der Waals surface area contributed by atoms with Gasteiger partial charge in [-0.15, -0.1) is 0 Å². The molecule has 1 N–H and O–H groups in total. The minimum atomic E-state index is -0.748. The van der Waals surface area contributed by atoms with Crippen molar-refractivity contribution in [2.24, 2.45) is 5.10 Å². The Morgan fingerprint density at radius 1 is 1.16 bits per heavy atom. The average Bonchev–Trinajstić information content (AvgIpc) is 2.43. The third-order valence-electron chi connectivity index (χ3n) is 2.30. The molecule has 0 fully saturated rings. The molecule has 0 aliphatic carbocycles. The molecule has 0 unspecified atom stereocenters. The third kappa shape index (κ3) is 3.19. The van der Waals surface area contributed by atoms with Crippen LogP contribution in [0, 0.1) is 11.6 Å². The first-order valence-corrected chi connectivity index (χ1v) is 5.36. The molecule has 0 aliphatic rings. The van der Waals surface area contributed by atoms with Crippen molar-refractivity contribution < 1.29 is 13.6 Å². The Morgan fingerprint density at radius 3 is 2.42 bits per heavy atom. The number of hydrogen-bond donors (Lipinski definition) is 1. The number of nitrogens with zero attached hydrogens (tertiary/aromatic N) is 2. The van der Waals surface area contributed by atoms with Gasteiger partial charge in [0, 0.05) is 18.0 Å². The predicted molar refractivity (Wildman–Crippen MR) is 65.7 cm³/mol. The first-order chi connectivity index (χ1) is 9.18. The van der Waals surface area contributed by atoms with E-state index in [1.165, 1.54) is 30.6 Å². The molecule has 2 rings (SSSR count). The van der Waals surface area contributed by atoms with Crippen molar-refractivity contribution in [2.75, 3.05) is 0 Å². The maximum atomic E-state index is 13.2. The summed E-state index contributed by atoms with van der Waals surface area (Å²) in [6, 6.07) is 6.45. The van der Waals surface area contributed by atoms with E-state index in [-0.39, 0.29) is 5.56 Å². The van der Waals surface area contributed by atoms with E-state index in [0.717, 1.165) is 18.3 Å². The van der Waals surface area contributed by atoms with Gasteiger partial charge in [0.15, 0.2) is 0 Å². The Labute approximate surface area is 107 Å². The molecular weight excluding hydrogens is 252 g/mol. The second kappa shape index (κ2) is 5.81. The maximum absolute atomic E-state index is 13.2. The van der Waals surface area contributed by atoms with Crippen LogP contribution in [-0.2, 0) is 0 Å². The quantitative estimate of drug-likeness (QED) is 0.679. The van der Waals surface area contributed by atoms with Crippen molar-refractivity contribution in [1.29, 1.82) is 0 Å². The van der Waals surface area contributed by atoms with Crippen molar-refractivity contribution in [3.63, 3.8) is 0 Å². The Bertz CT molecular complexity index is 594. The maximum Gasteiger partial charge on any atom is 0.271 e. The molecule has 0 atom stereocenters. The summed E-state index contributed by atoms with van der Waals surface area (Å²) in [7, 11) is 0. The van der Waals surface area contributed by atoms with Gasteiger partial charge in [-0.25, -0.2) is 14.2 Å². The molecular formula is C13H9F2N3O. The van der Waals surface area contributed by atoms with Crippen molar-refractivity contribution in [1.82, 2.24) is 10.4 Å². The highest BCUT2D eigenvalue weighted by Gasteiger charge is 2.06. The second-order valence-electron chi connectivity index (χ2n) is 3.57. The van der Waals surface area contributed by atoms with E-state index in [4.69, 9.17) is 0 Å². The molecule has 96 valence electrons. The van der Waals surface area contributed by atoms with Crippen LogP contribution in [-0.4, -0.2) is 17.1 Å². The van der Waals surface area contributed by atoms with Crippen LogP contribution in [0.4, 0.5) is 8.78 Å². The standard InChI is InChI=1S/C13H9F2N3O/c14-11-2-1-3-12(15)10(11)8-17-18-13(19)9-4-6-16-7-5-9/h1-8H,(H,18,19). The number of halogens is 2. The van der Waals surface area contributed by atoms with Gasteiger partial charge in [0.1, 0.15) is 11.6 Å². The van der Waals surface area contributed by atoms with E-state index in [1.807, 2.05) is 0 Å². The molecule has 1 amide bonds. The molecule has 0 aliphatic heterocycles. The molecule has 2 aromatic rings. The molecule has 1 heterocycles. The van der Waals surface area contributed by atoms with Crippen LogP contribution in [0.25, 0.3) is 0 Å². The van der Waals surface area contributed by atoms with Gasteiger partial charge in [0.05, 0.1) is 11.8 Å². The molecule has 19 heavy (non-hydrogen) atoms. The van der Waals surface area contributed by atoms with E-state index >= 15 is 0 Å². The third-order valence-corrected chi connectivity index (χ3v) is 2.30. The number of rotatable bonds is 3. The summed E-state index contributed by atoms with van der Waals surface area (Å²) < 4.78 is 26.5. The summed E-state index contributed by atoms with van der Waals surface area (Å²) in [5, 5.41) is 3.51. The zero-order valence-corrected chi connectivity index (χ0v) is 9.68. The molecule has 1 aromatic heterocycles. The highest BCUT2D eigenvalue weighted by atomic mass is 19.1. The van der Waals surface area contributed by atoms with Gasteiger partial charge in [-0.2, -0.15) is 5.10 Å². The van der Waals surface area contributed by atoms with Crippen LogP contribution >= 0.6 is 0 Å². The van der Waals surface area contributed by atoms with Gasteiger partial charge in [-0.1, -0.05) is 6.07 Å². The summed E-state index contributed by atoms with van der Waals surface area (Å²) in [5.74, 6) is -1.99. The number of carbonyl (C=O) groups is 1. The fraction of sp³-hybridized carbons (Fsp3) is 0. The zero-order chi connectivity index (χ0) is 13.7. The van der Waals surface area contributed by atoms with E-state index in [9.17, 15) is 13.6 Å². The lowest BCUT2D eigenvalue weighted by Gasteiger charge is -2.00. The number of carbonyl (C=O) groups excluding carboxylic acids is 1. The smallest absolute Gasteiger partial charge is 0.267 e. The summed E-state index contributed by atoms with van der Waals surface area (Å²) in [4.78, 5) is 15.3. The van der Waals surface area contributed by atoms with Crippen LogP contribution in [0.5, 0.6) is 0 Å². The number of hydrazone groups is 1. The molecule has 4 nitrogen and oxygen atoms in total. The number of hydrogen-bond acceptors (Lipinski definition) is 3. The van der Waals surface area contributed by atoms with Gasteiger partial charge in [-0.3, -0.25) is 9.78 Å². The Hall–Kier alpha value is -2.63. The van der Waals surface area contributed by atoms with Gasteiger partial charge in [0.25, 0.3) is 5.91 Å². The molecule has 0 saturated carbocycles. The highest BCUT2D eigenvalue weighted by Crippen LogP contribution is 2.08. The molecule has 0 bridgehead atoms. The van der Waals surface area contributed by atoms with Crippen LogP contribution in [0.1, 0.15) is 15.9 Å². The SMILES string of the molecule is O=C(NN=Cc1c(F)cccc1F)c1ccncc1. The number of pyridine rings is 1. The minimum Gasteiger partial charge on any atom is -0.267 e. The molecule has 1 aromatic carbocycles. The first-order valence-electron chi connectivity index (χ1n) is 5.36. The summed E-state index contributed by atoms with van der Waals surface area (Å²) in [6.45, 7) is 0. The monoisotopic (exact) mass is 261 g/mol. The van der Waals surface area contributed by atoms with Gasteiger partial charge in [-0.05, 0) is 24.3 Å². The van der Waals surface area contributed by atoms with Gasteiger partial charge < -0.3 is 0 Å². The topological polar surface area (TPSA) is 54.4 Å². The van der Waals surface area contributed by atoms with E-state index in [0.29, 0.717) is 5.56 Å². The lowest BCUT2D eigenvalue weighted by Crippen LogP contribution is -2.17. The van der Waals surface area contributed by atoms with Crippen molar-refractivity contribution in [3.8, 4) is 0 Å². The Morgan fingerprint density at radius 2 is 1.79 bits per heavy atom. The van der Waals surface area contributed by atoms with Crippen LogP contribution in [0.2, 0.25) is 0 Å². The number of aromatic nitrogens is 1. The fourth-order valence-electron chi connectivity index (χ4n) is 1.36. The van der Waals surface area contributed by atoms with Crippen molar-refractivity contribution >= 4 is 12.1 Å². The molecule has 0 saturated heterocycles. The number of amides is 1. The second-order valence-corrected chi connectivity index (χ2v) is 3.57. The lowest BCUT2D eigenvalue weighted by molar-refractivity contribution is 0.0955. The van der Waals surface area contributed by atoms with E-state index in [2.05, 4.69) is 15.5 Å². The Balaban J connectivity index is 2.07. The molecule has 6 heteroatoms. The lowest BCUT2D eigenvalue weighted by atomic mass is 10.2. The minimum absolute atomic E-state index is 0.308. The zero-order valence-electron chi connectivity index (χ0n) is 9.68. The normalized spacial score (nSPS) is 10.6. The fourth-order valence-corrected chi connectivity index (χ4v) is 1.36. The summed E-state index contributed by atoms with van der Waals surface area (Å²) in [6.07, 6.45) is 3.83. The van der Waals surface area contributed by atoms with Crippen LogP contribution in [0.3, 0.4) is 0 Å². The predicted octanol–water partition coefficient (Wildman–Crippen LogP) is 2.12. The van der Waals surface area contributed by atoms with Crippen molar-refractivity contribution in [2.45, 2.75) is 0 Å². The highest BCUT2D eigenvalue weighted by molar-refractivity contribution is 5.94. The van der Waals surface area contributed by atoms with E-state index in [1.54, 1.807) is 0 Å². The van der Waals surface area contributed by atoms with Crippen LogP contribution < -0.4 is 5.43 Å². The average molecular weight is 261 g/mol. The van der Waals surface area contributed by atoms with Gasteiger partial charge >= 0.3 is 0 Å². The van der Waals surface area contributed by atoms with Crippen molar-refractivity contribution in [3.05, 3.63) is 65.5 Å².